The summed E-state index contributed by atoms with van der Waals surface area (Å²) < 4.78 is 28.2. The Balaban J connectivity index is 1.59. The minimum absolute atomic E-state index is 0.0575. The monoisotopic (exact) mass is 528 g/mol. The summed E-state index contributed by atoms with van der Waals surface area (Å²) in [5.74, 6) is -0.704. The Hall–Kier alpha value is -2.95. The Morgan fingerprint density at radius 1 is 1.00 bits per heavy atom. The van der Waals surface area contributed by atoms with Crippen molar-refractivity contribution in [3.8, 4) is 0 Å². The number of piperidine rings is 1. The highest BCUT2D eigenvalue weighted by Crippen LogP contribution is 2.54. The summed E-state index contributed by atoms with van der Waals surface area (Å²) in [5, 5.41) is 14.5. The molecule has 0 aromatic heterocycles. The van der Waals surface area contributed by atoms with Crippen LogP contribution in [0.15, 0.2) is 47.4 Å². The molecule has 10 heteroatoms. The van der Waals surface area contributed by atoms with Crippen molar-refractivity contribution in [1.29, 1.82) is 0 Å². The lowest BCUT2D eigenvalue weighted by atomic mass is 9.92. The summed E-state index contributed by atoms with van der Waals surface area (Å²) in [4.78, 5) is 28.2. The molecule has 4 N–H and O–H groups in total. The highest BCUT2D eigenvalue weighted by Gasteiger charge is 2.44. The minimum Gasteiger partial charge on any atom is -0.395 e. The summed E-state index contributed by atoms with van der Waals surface area (Å²) in [6.45, 7) is 6.87. The Morgan fingerprint density at radius 3 is 2.32 bits per heavy atom. The fourth-order valence-corrected chi connectivity index (χ4v) is 6.16. The van der Waals surface area contributed by atoms with Gasteiger partial charge in [0.25, 0.3) is 11.8 Å². The molecule has 1 spiro atoms. The number of aliphatic hydroxyl groups excluding tert-OH is 1. The van der Waals surface area contributed by atoms with E-state index in [1.165, 1.54) is 25.0 Å². The van der Waals surface area contributed by atoms with Gasteiger partial charge in [-0.05, 0) is 88.3 Å². The standard InChI is InChI=1S/C27H36N4O5S/c1-26(2,3)30-37(35,36)21-6-4-5-20(18-21)29-25(34)22-8-7-19(24(33)28-13-16-32)17-23(22)31-14-11-27(9-10-27)12-15-31/h4-8,17-18,30,32H,9-16H2,1-3H3,(H,28,33)(H,29,34). The predicted octanol–water partition coefficient (Wildman–Crippen LogP) is 3.12. The van der Waals surface area contributed by atoms with Crippen LogP contribution in [-0.4, -0.2) is 57.1 Å². The molecule has 1 aliphatic carbocycles. The van der Waals surface area contributed by atoms with Gasteiger partial charge in [0.2, 0.25) is 10.0 Å². The molecule has 2 amide bonds. The number of sulfonamides is 1. The first-order valence-electron chi connectivity index (χ1n) is 12.6. The van der Waals surface area contributed by atoms with Crippen LogP contribution in [0.2, 0.25) is 0 Å². The van der Waals surface area contributed by atoms with Crippen LogP contribution in [0.3, 0.4) is 0 Å². The number of benzene rings is 2. The van der Waals surface area contributed by atoms with Crippen molar-refractivity contribution in [2.75, 3.05) is 36.5 Å². The van der Waals surface area contributed by atoms with Gasteiger partial charge in [-0.2, -0.15) is 0 Å². The number of nitrogens with one attached hydrogen (secondary N) is 3. The first-order valence-corrected chi connectivity index (χ1v) is 14.1. The normalized spacial score (nSPS) is 16.9. The Labute approximate surface area is 218 Å². The van der Waals surface area contributed by atoms with Crippen molar-refractivity contribution in [2.45, 2.75) is 56.9 Å². The second kappa shape index (κ2) is 10.4. The van der Waals surface area contributed by atoms with Crippen LogP contribution in [0.5, 0.6) is 0 Å². The van der Waals surface area contributed by atoms with E-state index < -0.39 is 15.6 Å². The van der Waals surface area contributed by atoms with Gasteiger partial charge in [-0.3, -0.25) is 9.59 Å². The number of carbonyl (C=O) groups excluding carboxylic acids is 2. The molecule has 0 bridgehead atoms. The number of nitrogens with zero attached hydrogens (tertiary/aromatic N) is 1. The number of hydrogen-bond donors (Lipinski definition) is 4. The molecule has 0 radical (unpaired) electrons. The van der Waals surface area contributed by atoms with E-state index in [2.05, 4.69) is 20.3 Å². The zero-order valence-electron chi connectivity index (χ0n) is 21.6. The SMILES string of the molecule is CC(C)(C)NS(=O)(=O)c1cccc(NC(=O)c2ccc(C(=O)NCCO)cc2N2CCC3(CC2)CC3)c1. The van der Waals surface area contributed by atoms with E-state index in [-0.39, 0.29) is 29.9 Å². The first-order chi connectivity index (χ1) is 17.4. The van der Waals surface area contributed by atoms with Crippen LogP contribution >= 0.6 is 0 Å². The molecule has 37 heavy (non-hydrogen) atoms. The van der Waals surface area contributed by atoms with Gasteiger partial charge in [-0.25, -0.2) is 13.1 Å². The van der Waals surface area contributed by atoms with E-state index in [9.17, 15) is 18.0 Å². The molecule has 2 aromatic rings. The number of rotatable bonds is 8. The van der Waals surface area contributed by atoms with E-state index >= 15 is 0 Å². The van der Waals surface area contributed by atoms with Crippen LogP contribution < -0.4 is 20.3 Å². The lowest BCUT2D eigenvalue weighted by Gasteiger charge is -2.35. The van der Waals surface area contributed by atoms with Crippen LogP contribution in [0.1, 0.15) is 67.2 Å². The number of carbonyl (C=O) groups is 2. The topological polar surface area (TPSA) is 128 Å². The molecule has 1 saturated heterocycles. The zero-order valence-corrected chi connectivity index (χ0v) is 22.5. The van der Waals surface area contributed by atoms with E-state index in [4.69, 9.17) is 5.11 Å². The molecule has 0 atom stereocenters. The summed E-state index contributed by atoms with van der Waals surface area (Å²) in [7, 11) is -3.77. The Morgan fingerprint density at radius 2 is 1.70 bits per heavy atom. The highest BCUT2D eigenvalue weighted by molar-refractivity contribution is 7.89. The lowest BCUT2D eigenvalue weighted by Crippen LogP contribution is -2.40. The molecule has 2 aromatic carbocycles. The maximum absolute atomic E-state index is 13.4. The van der Waals surface area contributed by atoms with Crippen LogP contribution in [0.25, 0.3) is 0 Å². The van der Waals surface area contributed by atoms with E-state index in [0.717, 1.165) is 25.9 Å². The predicted molar refractivity (Wildman–Crippen MR) is 143 cm³/mol. The summed E-state index contributed by atoms with van der Waals surface area (Å²) in [6.07, 6.45) is 4.60. The largest absolute Gasteiger partial charge is 0.395 e. The molecule has 2 fully saturated rings. The Kier molecular flexibility index (Phi) is 7.64. The van der Waals surface area contributed by atoms with Crippen LogP contribution in [0.4, 0.5) is 11.4 Å². The van der Waals surface area contributed by atoms with Gasteiger partial charge < -0.3 is 20.6 Å². The van der Waals surface area contributed by atoms with Gasteiger partial charge in [0.15, 0.2) is 0 Å². The van der Waals surface area contributed by atoms with E-state index in [0.29, 0.717) is 27.9 Å². The maximum Gasteiger partial charge on any atom is 0.257 e. The molecule has 0 unspecified atom stereocenters. The number of hydrogen-bond acceptors (Lipinski definition) is 6. The van der Waals surface area contributed by atoms with Crippen molar-refractivity contribution in [3.05, 3.63) is 53.6 Å². The van der Waals surface area contributed by atoms with Gasteiger partial charge in [0.1, 0.15) is 0 Å². The van der Waals surface area contributed by atoms with Crippen LogP contribution in [0, 0.1) is 5.41 Å². The molecule has 1 saturated carbocycles. The molecule has 2 aliphatic rings. The van der Waals surface area contributed by atoms with Gasteiger partial charge in [-0.1, -0.05) is 6.07 Å². The number of amides is 2. The fourth-order valence-electron chi connectivity index (χ4n) is 4.70. The average Bonchev–Trinajstić information content (AvgIpc) is 3.60. The molecular weight excluding hydrogens is 492 g/mol. The van der Waals surface area contributed by atoms with Gasteiger partial charge in [0, 0.05) is 36.4 Å². The number of aliphatic hydroxyl groups is 1. The van der Waals surface area contributed by atoms with Gasteiger partial charge in [0.05, 0.1) is 22.8 Å². The van der Waals surface area contributed by atoms with Crippen molar-refractivity contribution >= 4 is 33.2 Å². The third-order valence-corrected chi connectivity index (χ3v) is 8.62. The van der Waals surface area contributed by atoms with Crippen molar-refractivity contribution in [3.63, 3.8) is 0 Å². The van der Waals surface area contributed by atoms with E-state index in [1.54, 1.807) is 51.1 Å². The molecule has 1 heterocycles. The molecule has 4 rings (SSSR count). The number of anilines is 2. The second-order valence-corrected chi connectivity index (χ2v) is 12.7. The van der Waals surface area contributed by atoms with Gasteiger partial charge in [-0.15, -0.1) is 0 Å². The highest BCUT2D eigenvalue weighted by atomic mass is 32.2. The Bertz CT molecular complexity index is 1270. The van der Waals surface area contributed by atoms with Crippen molar-refractivity contribution < 1.29 is 23.1 Å². The lowest BCUT2D eigenvalue weighted by molar-refractivity contribution is 0.0943. The summed E-state index contributed by atoms with van der Waals surface area (Å²) >= 11 is 0. The minimum atomic E-state index is -3.77. The second-order valence-electron chi connectivity index (χ2n) is 11.0. The third kappa shape index (κ3) is 6.68. The summed E-state index contributed by atoms with van der Waals surface area (Å²) in [6, 6.07) is 11.1. The zero-order chi connectivity index (χ0) is 26.8. The first kappa shape index (κ1) is 27.1. The van der Waals surface area contributed by atoms with Crippen molar-refractivity contribution in [2.24, 2.45) is 5.41 Å². The molecule has 200 valence electrons. The van der Waals surface area contributed by atoms with Crippen LogP contribution in [-0.2, 0) is 10.0 Å². The molecular formula is C27H36N4O5S. The summed E-state index contributed by atoms with van der Waals surface area (Å²) in [5.41, 5.74) is 1.64. The molecule has 1 aliphatic heterocycles. The van der Waals surface area contributed by atoms with Gasteiger partial charge >= 0.3 is 0 Å². The third-order valence-electron chi connectivity index (χ3n) is 6.87. The fraction of sp³-hybridized carbons (Fsp3) is 0.481. The maximum atomic E-state index is 13.4. The van der Waals surface area contributed by atoms with Crippen molar-refractivity contribution in [1.82, 2.24) is 10.0 Å². The van der Waals surface area contributed by atoms with E-state index in [1.807, 2.05) is 0 Å². The molecule has 9 nitrogen and oxygen atoms in total. The smallest absolute Gasteiger partial charge is 0.257 e. The average molecular weight is 529 g/mol. The quantitative estimate of drug-likeness (QED) is 0.417.